The molecule has 0 spiro atoms. The highest BCUT2D eigenvalue weighted by atomic mass is 79.9. The van der Waals surface area contributed by atoms with Gasteiger partial charge in [-0.15, -0.1) is 0 Å². The van der Waals surface area contributed by atoms with E-state index in [1.165, 1.54) is 7.11 Å². The second-order valence-corrected chi connectivity index (χ2v) is 5.03. The van der Waals surface area contributed by atoms with Crippen LogP contribution in [0.25, 0.3) is 0 Å². The summed E-state index contributed by atoms with van der Waals surface area (Å²) >= 11 is 3.34. The van der Waals surface area contributed by atoms with E-state index < -0.39 is 5.97 Å². The monoisotopic (exact) mass is 320 g/mol. The maximum Gasteiger partial charge on any atom is 0.339 e. The summed E-state index contributed by atoms with van der Waals surface area (Å²) < 4.78 is 6.00. The average molecular weight is 321 g/mol. The molecule has 4 heteroatoms. The summed E-state index contributed by atoms with van der Waals surface area (Å²) in [6.07, 6.45) is 0.629. The molecule has 2 aromatic carbocycles. The third kappa shape index (κ3) is 3.15. The molecule has 0 saturated heterocycles. The number of carbonyl (C=O) groups is 1. The van der Waals surface area contributed by atoms with Crippen molar-refractivity contribution in [3.8, 4) is 5.75 Å². The predicted octanol–water partition coefficient (Wildman–Crippen LogP) is 3.75. The van der Waals surface area contributed by atoms with Gasteiger partial charge in [-0.05, 0) is 17.7 Å². The van der Waals surface area contributed by atoms with Gasteiger partial charge in [-0.25, -0.2) is 4.79 Å². The number of carboxylic acids is 1. The van der Waals surface area contributed by atoms with E-state index in [4.69, 9.17) is 4.74 Å². The molecular formula is C15H13BrO3. The number of aromatic carboxylic acids is 1. The van der Waals surface area contributed by atoms with Gasteiger partial charge in [0.15, 0.2) is 0 Å². The SMILES string of the molecule is COc1c(Cc2ccccc2)cc(Br)cc1C(=O)O. The Morgan fingerprint density at radius 3 is 2.53 bits per heavy atom. The number of ether oxygens (including phenoxy) is 1. The van der Waals surface area contributed by atoms with Crippen molar-refractivity contribution in [1.82, 2.24) is 0 Å². The van der Waals surface area contributed by atoms with E-state index in [1.807, 2.05) is 36.4 Å². The van der Waals surface area contributed by atoms with Crippen LogP contribution in [0.15, 0.2) is 46.9 Å². The number of rotatable bonds is 4. The fraction of sp³-hybridized carbons (Fsp3) is 0.133. The summed E-state index contributed by atoms with van der Waals surface area (Å²) in [5.74, 6) is -0.577. The lowest BCUT2D eigenvalue weighted by molar-refractivity contribution is 0.0693. The first-order valence-electron chi connectivity index (χ1n) is 5.75. The molecule has 0 aliphatic carbocycles. The van der Waals surface area contributed by atoms with Crippen LogP contribution in [0.3, 0.4) is 0 Å². The average Bonchev–Trinajstić information content (AvgIpc) is 2.39. The van der Waals surface area contributed by atoms with Gasteiger partial charge in [0.1, 0.15) is 11.3 Å². The number of carboxylic acid groups (broad SMARTS) is 1. The van der Waals surface area contributed by atoms with Crippen LogP contribution in [0.5, 0.6) is 5.75 Å². The molecule has 0 heterocycles. The van der Waals surface area contributed by atoms with Gasteiger partial charge in [-0.1, -0.05) is 46.3 Å². The van der Waals surface area contributed by atoms with Gasteiger partial charge < -0.3 is 9.84 Å². The molecule has 1 N–H and O–H groups in total. The molecule has 0 saturated carbocycles. The van der Waals surface area contributed by atoms with Crippen LogP contribution < -0.4 is 4.74 Å². The number of methoxy groups -OCH3 is 1. The fourth-order valence-electron chi connectivity index (χ4n) is 2.00. The first-order chi connectivity index (χ1) is 9.11. The van der Waals surface area contributed by atoms with Crippen molar-refractivity contribution in [3.63, 3.8) is 0 Å². The van der Waals surface area contributed by atoms with Gasteiger partial charge in [-0.3, -0.25) is 0 Å². The molecule has 0 aliphatic heterocycles. The summed E-state index contributed by atoms with van der Waals surface area (Å²) in [7, 11) is 1.49. The maximum absolute atomic E-state index is 11.2. The lowest BCUT2D eigenvalue weighted by Gasteiger charge is -2.12. The molecule has 0 amide bonds. The van der Waals surface area contributed by atoms with E-state index >= 15 is 0 Å². The third-order valence-electron chi connectivity index (χ3n) is 2.80. The predicted molar refractivity (Wildman–Crippen MR) is 76.9 cm³/mol. The molecule has 0 fully saturated rings. The van der Waals surface area contributed by atoms with Crippen LogP contribution in [0, 0.1) is 0 Å². The Balaban J connectivity index is 2.47. The van der Waals surface area contributed by atoms with Crippen LogP contribution in [-0.4, -0.2) is 18.2 Å². The minimum absolute atomic E-state index is 0.169. The van der Waals surface area contributed by atoms with Crippen molar-refractivity contribution < 1.29 is 14.6 Å². The first-order valence-corrected chi connectivity index (χ1v) is 6.54. The van der Waals surface area contributed by atoms with Gasteiger partial charge in [0.05, 0.1) is 7.11 Å². The fourth-order valence-corrected chi connectivity index (χ4v) is 2.50. The molecule has 0 bridgehead atoms. The van der Waals surface area contributed by atoms with Crippen molar-refractivity contribution in [1.29, 1.82) is 0 Å². The van der Waals surface area contributed by atoms with E-state index in [2.05, 4.69) is 15.9 Å². The lowest BCUT2D eigenvalue weighted by atomic mass is 10.0. The van der Waals surface area contributed by atoms with Gasteiger partial charge in [0.2, 0.25) is 0 Å². The smallest absolute Gasteiger partial charge is 0.339 e. The summed E-state index contributed by atoms with van der Waals surface area (Å²) in [5, 5.41) is 9.21. The van der Waals surface area contributed by atoms with E-state index in [0.717, 1.165) is 15.6 Å². The molecule has 0 atom stereocenters. The lowest BCUT2D eigenvalue weighted by Crippen LogP contribution is -2.04. The quantitative estimate of drug-likeness (QED) is 0.933. The summed E-state index contributed by atoms with van der Waals surface area (Å²) in [5.41, 5.74) is 2.12. The summed E-state index contributed by atoms with van der Waals surface area (Å²) in [4.78, 5) is 11.2. The van der Waals surface area contributed by atoms with Crippen molar-refractivity contribution in [2.24, 2.45) is 0 Å². The Kier molecular flexibility index (Phi) is 4.22. The Morgan fingerprint density at radius 1 is 1.26 bits per heavy atom. The van der Waals surface area contributed by atoms with Gasteiger partial charge in [-0.2, -0.15) is 0 Å². The normalized spacial score (nSPS) is 10.2. The van der Waals surface area contributed by atoms with E-state index in [1.54, 1.807) is 6.07 Å². The van der Waals surface area contributed by atoms with Gasteiger partial charge >= 0.3 is 5.97 Å². The molecule has 0 unspecified atom stereocenters. The summed E-state index contributed by atoms with van der Waals surface area (Å²) in [6.45, 7) is 0. The van der Waals surface area contributed by atoms with E-state index in [9.17, 15) is 9.90 Å². The van der Waals surface area contributed by atoms with Crippen molar-refractivity contribution in [2.45, 2.75) is 6.42 Å². The van der Waals surface area contributed by atoms with Crippen molar-refractivity contribution in [3.05, 3.63) is 63.6 Å². The highest BCUT2D eigenvalue weighted by Gasteiger charge is 2.16. The standard InChI is InChI=1S/C15H13BrO3/c1-19-14-11(7-10-5-3-2-4-6-10)8-12(16)9-13(14)15(17)18/h2-6,8-9H,7H2,1H3,(H,17,18). The zero-order valence-corrected chi connectivity index (χ0v) is 12.0. The van der Waals surface area contributed by atoms with Gasteiger partial charge in [0.25, 0.3) is 0 Å². The van der Waals surface area contributed by atoms with Crippen LogP contribution in [0.1, 0.15) is 21.5 Å². The highest BCUT2D eigenvalue weighted by Crippen LogP contribution is 2.30. The third-order valence-corrected chi connectivity index (χ3v) is 3.26. The molecule has 3 nitrogen and oxygen atoms in total. The summed E-state index contributed by atoms with van der Waals surface area (Å²) in [6, 6.07) is 13.3. The zero-order chi connectivity index (χ0) is 13.8. The number of benzene rings is 2. The van der Waals surface area contributed by atoms with Crippen LogP contribution in [-0.2, 0) is 6.42 Å². The Bertz CT molecular complexity index is 594. The van der Waals surface area contributed by atoms with Crippen LogP contribution >= 0.6 is 15.9 Å². The van der Waals surface area contributed by atoms with E-state index in [0.29, 0.717) is 12.2 Å². The number of halogens is 1. The maximum atomic E-state index is 11.2. The van der Waals surface area contributed by atoms with Crippen LogP contribution in [0.2, 0.25) is 0 Å². The molecule has 0 aliphatic rings. The first kappa shape index (κ1) is 13.6. The molecule has 2 rings (SSSR count). The second kappa shape index (κ2) is 5.89. The molecule has 19 heavy (non-hydrogen) atoms. The molecular weight excluding hydrogens is 308 g/mol. The van der Waals surface area contributed by atoms with Crippen molar-refractivity contribution >= 4 is 21.9 Å². The van der Waals surface area contributed by atoms with Crippen molar-refractivity contribution in [2.75, 3.05) is 7.11 Å². The second-order valence-electron chi connectivity index (χ2n) is 4.11. The highest BCUT2D eigenvalue weighted by molar-refractivity contribution is 9.10. The zero-order valence-electron chi connectivity index (χ0n) is 10.4. The number of hydrogen-bond acceptors (Lipinski definition) is 2. The van der Waals surface area contributed by atoms with E-state index in [-0.39, 0.29) is 5.56 Å². The Morgan fingerprint density at radius 2 is 1.95 bits per heavy atom. The number of hydrogen-bond donors (Lipinski definition) is 1. The minimum atomic E-state index is -0.993. The largest absolute Gasteiger partial charge is 0.496 e. The molecule has 2 aromatic rings. The Labute approximate surface area is 120 Å². The molecule has 0 radical (unpaired) electrons. The van der Waals surface area contributed by atoms with Gasteiger partial charge in [0, 0.05) is 16.5 Å². The molecule has 0 aromatic heterocycles. The topological polar surface area (TPSA) is 46.5 Å². The minimum Gasteiger partial charge on any atom is -0.496 e. The Hall–Kier alpha value is -1.81. The van der Waals surface area contributed by atoms with Crippen LogP contribution in [0.4, 0.5) is 0 Å². The molecule has 98 valence electrons.